The fourth-order valence-corrected chi connectivity index (χ4v) is 0.322. The number of aliphatic carboxylic acids is 1. The Bertz CT molecular complexity index is 81.0. The Morgan fingerprint density at radius 1 is 1.56 bits per heavy atom. The van der Waals surface area contributed by atoms with Crippen LogP contribution in [0, 0.1) is 0 Å². The number of rotatable bonds is 5. The molecule has 0 aliphatic rings. The molecule has 4 nitrogen and oxygen atoms in total. The van der Waals surface area contributed by atoms with Crippen molar-refractivity contribution in [1.82, 2.24) is 0 Å². The first kappa shape index (κ1) is 8.39. The second-order valence-electron chi connectivity index (χ2n) is 1.46. The van der Waals surface area contributed by atoms with E-state index in [0.717, 1.165) is 0 Å². The average Bonchev–Trinajstić information content (AvgIpc) is 1.80. The van der Waals surface area contributed by atoms with Gasteiger partial charge in [-0.3, -0.25) is 0 Å². The Hall–Kier alpha value is -0.610. The molecular formula is C5H9O4-. The number of hydrogen-bond donors (Lipinski definition) is 1. The van der Waals surface area contributed by atoms with Gasteiger partial charge in [-0.1, -0.05) is 0 Å². The number of aliphatic hydroxyl groups excluding tert-OH is 1. The first-order chi connectivity index (χ1) is 4.27. The summed E-state index contributed by atoms with van der Waals surface area (Å²) in [5, 5.41) is 17.9. The zero-order valence-corrected chi connectivity index (χ0v) is 5.00. The smallest absolute Gasteiger partial charge is 0.0697 e. The van der Waals surface area contributed by atoms with Crippen LogP contribution in [-0.4, -0.2) is 30.9 Å². The van der Waals surface area contributed by atoms with Crippen LogP contribution in [-0.2, 0) is 9.53 Å². The molecule has 0 aromatic rings. The van der Waals surface area contributed by atoms with Crippen LogP contribution in [0.15, 0.2) is 0 Å². The van der Waals surface area contributed by atoms with Crippen LogP contribution in [0.2, 0.25) is 0 Å². The molecule has 0 fully saturated rings. The van der Waals surface area contributed by atoms with E-state index in [2.05, 4.69) is 4.74 Å². The number of carbonyl (C=O) groups excluding carboxylic acids is 1. The molecular weight excluding hydrogens is 124 g/mol. The third-order valence-corrected chi connectivity index (χ3v) is 0.686. The topological polar surface area (TPSA) is 69.6 Å². The van der Waals surface area contributed by atoms with Crippen molar-refractivity contribution in [2.75, 3.05) is 19.8 Å². The summed E-state index contributed by atoms with van der Waals surface area (Å²) in [5.74, 6) is -1.13. The maximum Gasteiger partial charge on any atom is 0.0697 e. The molecule has 1 N–H and O–H groups in total. The molecule has 0 aromatic heterocycles. The fraction of sp³-hybridized carbons (Fsp3) is 0.800. The van der Waals surface area contributed by atoms with Gasteiger partial charge in [0.25, 0.3) is 0 Å². The molecule has 0 rings (SSSR count). The number of aliphatic hydroxyl groups is 1. The third-order valence-electron chi connectivity index (χ3n) is 0.686. The van der Waals surface area contributed by atoms with Gasteiger partial charge < -0.3 is 19.7 Å². The van der Waals surface area contributed by atoms with Gasteiger partial charge in [0.1, 0.15) is 0 Å². The van der Waals surface area contributed by atoms with Gasteiger partial charge in [0, 0.05) is 12.4 Å². The highest BCUT2D eigenvalue weighted by atomic mass is 16.5. The molecule has 4 heteroatoms. The van der Waals surface area contributed by atoms with Gasteiger partial charge in [0.15, 0.2) is 0 Å². The second-order valence-corrected chi connectivity index (χ2v) is 1.46. The first-order valence-corrected chi connectivity index (χ1v) is 2.66. The van der Waals surface area contributed by atoms with Gasteiger partial charge in [0.2, 0.25) is 0 Å². The van der Waals surface area contributed by atoms with Crippen LogP contribution in [0.5, 0.6) is 0 Å². The highest BCUT2D eigenvalue weighted by Gasteiger charge is 1.86. The summed E-state index contributed by atoms with van der Waals surface area (Å²) in [6, 6.07) is 0. The summed E-state index contributed by atoms with van der Waals surface area (Å²) >= 11 is 0. The monoisotopic (exact) mass is 133 g/mol. The summed E-state index contributed by atoms with van der Waals surface area (Å²) in [6.07, 6.45) is -0.111. The van der Waals surface area contributed by atoms with E-state index in [-0.39, 0.29) is 26.2 Å². The van der Waals surface area contributed by atoms with Crippen LogP contribution in [0.4, 0.5) is 0 Å². The van der Waals surface area contributed by atoms with Crippen LogP contribution in [0.25, 0.3) is 0 Å². The van der Waals surface area contributed by atoms with E-state index in [1.807, 2.05) is 0 Å². The molecule has 0 saturated carbocycles. The van der Waals surface area contributed by atoms with Crippen molar-refractivity contribution in [2.24, 2.45) is 0 Å². The number of carboxylic acids is 1. The highest BCUT2D eigenvalue weighted by molar-refractivity contribution is 5.64. The third kappa shape index (κ3) is 7.39. The SMILES string of the molecule is O=C([O-])CCOCCO. The Balaban J connectivity index is 2.83. The van der Waals surface area contributed by atoms with Gasteiger partial charge in [-0.25, -0.2) is 0 Å². The largest absolute Gasteiger partial charge is 0.550 e. The predicted molar refractivity (Wildman–Crippen MR) is 27.5 cm³/mol. The summed E-state index contributed by atoms with van der Waals surface area (Å²) in [6.45, 7) is 0.225. The lowest BCUT2D eigenvalue weighted by molar-refractivity contribution is -0.306. The van der Waals surface area contributed by atoms with Gasteiger partial charge in [0.05, 0.1) is 19.8 Å². The molecule has 0 unspecified atom stereocenters. The van der Waals surface area contributed by atoms with Crippen molar-refractivity contribution in [2.45, 2.75) is 6.42 Å². The van der Waals surface area contributed by atoms with Crippen molar-refractivity contribution >= 4 is 5.97 Å². The zero-order chi connectivity index (χ0) is 7.11. The van der Waals surface area contributed by atoms with Crippen LogP contribution >= 0.6 is 0 Å². The minimum absolute atomic E-state index is 0.0763. The quantitative estimate of drug-likeness (QED) is 0.446. The standard InChI is InChI=1S/C5H10O4/c6-2-4-9-3-1-5(7)8/h6H,1-4H2,(H,7,8)/p-1. The van der Waals surface area contributed by atoms with E-state index in [1.54, 1.807) is 0 Å². The minimum atomic E-state index is -1.13. The lowest BCUT2D eigenvalue weighted by atomic mass is 10.5. The lowest BCUT2D eigenvalue weighted by Gasteiger charge is -2.01. The van der Waals surface area contributed by atoms with Crippen molar-refractivity contribution in [3.63, 3.8) is 0 Å². The molecule has 0 aromatic carbocycles. The Morgan fingerprint density at radius 3 is 2.67 bits per heavy atom. The molecule has 0 aliphatic heterocycles. The minimum Gasteiger partial charge on any atom is -0.550 e. The molecule has 0 aliphatic carbocycles. The summed E-state index contributed by atoms with van der Waals surface area (Å²) in [4.78, 5) is 9.71. The van der Waals surface area contributed by atoms with Crippen molar-refractivity contribution in [3.05, 3.63) is 0 Å². The van der Waals surface area contributed by atoms with E-state index in [1.165, 1.54) is 0 Å². The van der Waals surface area contributed by atoms with E-state index in [0.29, 0.717) is 0 Å². The number of carboxylic acid groups (broad SMARTS) is 1. The summed E-state index contributed by atoms with van der Waals surface area (Å²) in [7, 11) is 0. The summed E-state index contributed by atoms with van der Waals surface area (Å²) in [5.41, 5.74) is 0. The average molecular weight is 133 g/mol. The van der Waals surface area contributed by atoms with E-state index >= 15 is 0 Å². The molecule has 9 heavy (non-hydrogen) atoms. The first-order valence-electron chi connectivity index (χ1n) is 2.66. The molecule has 0 atom stereocenters. The molecule has 0 radical (unpaired) electrons. The lowest BCUT2D eigenvalue weighted by Crippen LogP contribution is -2.23. The molecule has 0 spiro atoms. The number of ether oxygens (including phenoxy) is 1. The number of carbonyl (C=O) groups is 1. The Morgan fingerprint density at radius 2 is 2.22 bits per heavy atom. The molecule has 54 valence electrons. The predicted octanol–water partition coefficient (Wildman–Crippen LogP) is -1.86. The number of hydrogen-bond acceptors (Lipinski definition) is 4. The molecule has 0 bridgehead atoms. The normalized spacial score (nSPS) is 9.44. The Labute approximate surface area is 53.1 Å². The summed E-state index contributed by atoms with van der Waals surface area (Å²) < 4.78 is 4.62. The fourth-order valence-electron chi connectivity index (χ4n) is 0.322. The van der Waals surface area contributed by atoms with Gasteiger partial charge >= 0.3 is 0 Å². The highest BCUT2D eigenvalue weighted by Crippen LogP contribution is 1.78. The Kier molecular flexibility index (Phi) is 5.15. The zero-order valence-electron chi connectivity index (χ0n) is 5.00. The maximum absolute atomic E-state index is 9.71. The molecule has 0 saturated heterocycles. The second kappa shape index (κ2) is 5.53. The van der Waals surface area contributed by atoms with Crippen LogP contribution < -0.4 is 5.11 Å². The van der Waals surface area contributed by atoms with E-state index in [9.17, 15) is 9.90 Å². The van der Waals surface area contributed by atoms with Gasteiger partial charge in [-0.05, 0) is 0 Å². The van der Waals surface area contributed by atoms with Gasteiger partial charge in [-0.2, -0.15) is 0 Å². The van der Waals surface area contributed by atoms with E-state index in [4.69, 9.17) is 5.11 Å². The van der Waals surface area contributed by atoms with Crippen molar-refractivity contribution in [1.29, 1.82) is 0 Å². The van der Waals surface area contributed by atoms with Crippen molar-refractivity contribution < 1.29 is 19.7 Å². The molecule has 0 heterocycles. The van der Waals surface area contributed by atoms with Crippen LogP contribution in [0.3, 0.4) is 0 Å². The van der Waals surface area contributed by atoms with Crippen LogP contribution in [0.1, 0.15) is 6.42 Å². The van der Waals surface area contributed by atoms with Crippen molar-refractivity contribution in [3.8, 4) is 0 Å². The molecule has 0 amide bonds. The maximum atomic E-state index is 9.71. The van der Waals surface area contributed by atoms with E-state index < -0.39 is 5.97 Å². The van der Waals surface area contributed by atoms with Gasteiger partial charge in [-0.15, -0.1) is 0 Å².